The molecular formula is C17H32N2O. The minimum Gasteiger partial charge on any atom is -0.375 e. The van der Waals surface area contributed by atoms with Crippen LogP contribution in [0.25, 0.3) is 0 Å². The van der Waals surface area contributed by atoms with Crippen molar-refractivity contribution in [3.8, 4) is 0 Å². The van der Waals surface area contributed by atoms with Crippen LogP contribution in [0, 0.1) is 0 Å². The first kappa shape index (κ1) is 14.8. The topological polar surface area (TPSA) is 24.5 Å². The molecule has 2 saturated heterocycles. The van der Waals surface area contributed by atoms with Gasteiger partial charge in [0.15, 0.2) is 0 Å². The Morgan fingerprint density at radius 2 is 2.10 bits per heavy atom. The number of nitrogens with one attached hydrogen (secondary N) is 1. The number of nitrogens with zero attached hydrogens (tertiary/aromatic N) is 1. The average Bonchev–Trinajstić information content (AvgIpc) is 2.44. The van der Waals surface area contributed by atoms with Crippen molar-refractivity contribution < 1.29 is 4.74 Å². The monoisotopic (exact) mass is 280 g/mol. The summed E-state index contributed by atoms with van der Waals surface area (Å²) in [6.07, 6.45) is 12.0. The highest BCUT2D eigenvalue weighted by Gasteiger charge is 2.42. The van der Waals surface area contributed by atoms with Crippen molar-refractivity contribution in [2.24, 2.45) is 0 Å². The Balaban J connectivity index is 1.31. The molecule has 3 aliphatic rings. The summed E-state index contributed by atoms with van der Waals surface area (Å²) in [5, 5.41) is 3.79. The van der Waals surface area contributed by atoms with E-state index in [4.69, 9.17) is 4.74 Å². The van der Waals surface area contributed by atoms with Gasteiger partial charge in [0.05, 0.1) is 5.60 Å². The molecule has 1 spiro atoms. The zero-order chi connectivity index (χ0) is 13.8. The van der Waals surface area contributed by atoms with E-state index in [1.165, 1.54) is 77.4 Å². The lowest BCUT2D eigenvalue weighted by Crippen LogP contribution is -2.51. The third-order valence-electron chi connectivity index (χ3n) is 5.75. The summed E-state index contributed by atoms with van der Waals surface area (Å²) in [6, 6.07) is 1.52. The molecule has 20 heavy (non-hydrogen) atoms. The van der Waals surface area contributed by atoms with Crippen LogP contribution in [0.1, 0.15) is 64.7 Å². The van der Waals surface area contributed by atoms with Crippen LogP contribution in [0.2, 0.25) is 0 Å². The van der Waals surface area contributed by atoms with E-state index >= 15 is 0 Å². The van der Waals surface area contributed by atoms with Crippen LogP contribution in [-0.2, 0) is 4.74 Å². The molecule has 1 aliphatic carbocycles. The van der Waals surface area contributed by atoms with E-state index in [0.717, 1.165) is 12.6 Å². The number of piperidine rings is 1. The molecule has 0 aromatic carbocycles. The molecule has 0 aromatic heterocycles. The largest absolute Gasteiger partial charge is 0.375 e. The van der Waals surface area contributed by atoms with E-state index < -0.39 is 0 Å². The van der Waals surface area contributed by atoms with Gasteiger partial charge in [-0.1, -0.05) is 6.42 Å². The van der Waals surface area contributed by atoms with Crippen LogP contribution in [-0.4, -0.2) is 48.8 Å². The van der Waals surface area contributed by atoms with Crippen molar-refractivity contribution in [2.75, 3.05) is 26.2 Å². The fourth-order valence-corrected chi connectivity index (χ4v) is 4.20. The summed E-state index contributed by atoms with van der Waals surface area (Å²) in [4.78, 5) is 2.68. The fourth-order valence-electron chi connectivity index (χ4n) is 4.20. The molecule has 3 fully saturated rings. The minimum atomic E-state index is 0.289. The SMILES string of the molecule is CC1CCCCN1CCCNC1CCOC2(CCC2)C1. The van der Waals surface area contributed by atoms with Crippen LogP contribution in [0.15, 0.2) is 0 Å². The Hall–Kier alpha value is -0.120. The Bertz CT molecular complexity index is 303. The molecular weight excluding hydrogens is 248 g/mol. The molecule has 2 atom stereocenters. The summed E-state index contributed by atoms with van der Waals surface area (Å²) in [5.41, 5.74) is 0.289. The second-order valence-corrected chi connectivity index (χ2v) is 7.26. The van der Waals surface area contributed by atoms with Gasteiger partial charge in [-0.05, 0) is 77.9 Å². The highest BCUT2D eigenvalue weighted by Crippen LogP contribution is 2.42. The van der Waals surface area contributed by atoms with Gasteiger partial charge < -0.3 is 15.0 Å². The van der Waals surface area contributed by atoms with Crippen LogP contribution in [0.5, 0.6) is 0 Å². The Morgan fingerprint density at radius 1 is 1.20 bits per heavy atom. The second-order valence-electron chi connectivity index (χ2n) is 7.26. The average molecular weight is 280 g/mol. The lowest BCUT2D eigenvalue weighted by molar-refractivity contribution is -0.135. The number of hydrogen-bond donors (Lipinski definition) is 1. The van der Waals surface area contributed by atoms with Crippen LogP contribution in [0.4, 0.5) is 0 Å². The smallest absolute Gasteiger partial charge is 0.0697 e. The Morgan fingerprint density at radius 3 is 2.85 bits per heavy atom. The van der Waals surface area contributed by atoms with Gasteiger partial charge in [0.2, 0.25) is 0 Å². The quantitative estimate of drug-likeness (QED) is 0.784. The summed E-state index contributed by atoms with van der Waals surface area (Å²) in [5.74, 6) is 0. The van der Waals surface area contributed by atoms with E-state index in [0.29, 0.717) is 6.04 Å². The number of likely N-dealkylation sites (tertiary alicyclic amines) is 1. The van der Waals surface area contributed by atoms with E-state index in [1.54, 1.807) is 0 Å². The normalized spacial score (nSPS) is 34.0. The minimum absolute atomic E-state index is 0.289. The first-order chi connectivity index (χ1) is 9.77. The van der Waals surface area contributed by atoms with Crippen LogP contribution >= 0.6 is 0 Å². The van der Waals surface area contributed by atoms with Gasteiger partial charge >= 0.3 is 0 Å². The molecule has 0 amide bonds. The van der Waals surface area contributed by atoms with E-state index in [1.807, 2.05) is 0 Å². The number of hydrogen-bond acceptors (Lipinski definition) is 3. The van der Waals surface area contributed by atoms with Gasteiger partial charge in [0.1, 0.15) is 0 Å². The van der Waals surface area contributed by atoms with Crippen molar-refractivity contribution in [1.82, 2.24) is 10.2 Å². The van der Waals surface area contributed by atoms with Crippen LogP contribution in [0.3, 0.4) is 0 Å². The maximum absolute atomic E-state index is 6.00. The van der Waals surface area contributed by atoms with Gasteiger partial charge in [-0.15, -0.1) is 0 Å². The zero-order valence-electron chi connectivity index (χ0n) is 13.2. The maximum Gasteiger partial charge on any atom is 0.0697 e. The third-order valence-corrected chi connectivity index (χ3v) is 5.75. The summed E-state index contributed by atoms with van der Waals surface area (Å²) in [7, 11) is 0. The first-order valence-electron chi connectivity index (χ1n) is 8.89. The van der Waals surface area contributed by atoms with Gasteiger partial charge in [0, 0.05) is 18.7 Å². The molecule has 3 rings (SSSR count). The molecule has 3 nitrogen and oxygen atoms in total. The van der Waals surface area contributed by atoms with Crippen molar-refractivity contribution in [3.05, 3.63) is 0 Å². The van der Waals surface area contributed by atoms with Crippen molar-refractivity contribution >= 4 is 0 Å². The molecule has 2 aliphatic heterocycles. The molecule has 0 bridgehead atoms. The predicted molar refractivity (Wildman–Crippen MR) is 83.1 cm³/mol. The molecule has 1 N–H and O–H groups in total. The summed E-state index contributed by atoms with van der Waals surface area (Å²) < 4.78 is 6.00. The molecule has 3 heteroatoms. The molecule has 1 saturated carbocycles. The van der Waals surface area contributed by atoms with E-state index in [2.05, 4.69) is 17.1 Å². The van der Waals surface area contributed by atoms with E-state index in [9.17, 15) is 0 Å². The standard InChI is InChI=1S/C17H32N2O/c1-15-6-2-3-11-19(15)12-5-10-18-16-7-13-20-17(14-16)8-4-9-17/h15-16,18H,2-14H2,1H3. The Labute approximate surface area is 124 Å². The van der Waals surface area contributed by atoms with Gasteiger partial charge in [-0.3, -0.25) is 0 Å². The van der Waals surface area contributed by atoms with Crippen LogP contribution < -0.4 is 5.32 Å². The highest BCUT2D eigenvalue weighted by atomic mass is 16.5. The van der Waals surface area contributed by atoms with Gasteiger partial charge in [-0.2, -0.15) is 0 Å². The molecule has 2 heterocycles. The Kier molecular flexibility index (Phi) is 5.00. The van der Waals surface area contributed by atoms with E-state index in [-0.39, 0.29) is 5.60 Å². The second kappa shape index (κ2) is 6.76. The zero-order valence-corrected chi connectivity index (χ0v) is 13.2. The molecule has 2 unspecified atom stereocenters. The number of ether oxygens (including phenoxy) is 1. The van der Waals surface area contributed by atoms with Crippen molar-refractivity contribution in [2.45, 2.75) is 82.4 Å². The molecule has 116 valence electrons. The fraction of sp³-hybridized carbons (Fsp3) is 1.00. The van der Waals surface area contributed by atoms with Crippen molar-refractivity contribution in [3.63, 3.8) is 0 Å². The maximum atomic E-state index is 6.00. The summed E-state index contributed by atoms with van der Waals surface area (Å²) >= 11 is 0. The lowest BCUT2D eigenvalue weighted by Gasteiger charge is -2.47. The first-order valence-corrected chi connectivity index (χ1v) is 8.89. The van der Waals surface area contributed by atoms with Crippen molar-refractivity contribution in [1.29, 1.82) is 0 Å². The third kappa shape index (κ3) is 3.55. The summed E-state index contributed by atoms with van der Waals surface area (Å²) in [6.45, 7) is 7.15. The molecule has 0 aromatic rings. The van der Waals surface area contributed by atoms with Gasteiger partial charge in [0.25, 0.3) is 0 Å². The van der Waals surface area contributed by atoms with Gasteiger partial charge in [-0.25, -0.2) is 0 Å². The number of rotatable bonds is 5. The molecule has 0 radical (unpaired) electrons. The lowest BCUT2D eigenvalue weighted by atomic mass is 9.74. The highest BCUT2D eigenvalue weighted by molar-refractivity contribution is 4.96. The predicted octanol–water partition coefficient (Wildman–Crippen LogP) is 2.94.